The van der Waals surface area contributed by atoms with E-state index in [0.29, 0.717) is 28.1 Å². The summed E-state index contributed by atoms with van der Waals surface area (Å²) in [5, 5.41) is 3.92. The number of nitrogens with zero attached hydrogens (tertiary/aromatic N) is 2. The zero-order chi connectivity index (χ0) is 16.9. The minimum atomic E-state index is -0.133. The monoisotopic (exact) mass is 363 g/mol. The molecule has 2 aromatic rings. The Hall–Kier alpha value is -1.78. The van der Waals surface area contributed by atoms with E-state index in [1.165, 1.54) is 0 Å². The molecule has 0 bridgehead atoms. The van der Waals surface area contributed by atoms with Crippen molar-refractivity contribution in [2.75, 3.05) is 24.5 Å². The van der Waals surface area contributed by atoms with Crippen molar-refractivity contribution < 1.29 is 4.79 Å². The highest BCUT2D eigenvalue weighted by molar-refractivity contribution is 6.35. The van der Waals surface area contributed by atoms with E-state index in [4.69, 9.17) is 23.2 Å². The Labute approximate surface area is 151 Å². The Balaban J connectivity index is 1.49. The Kier molecular flexibility index (Phi) is 5.59. The summed E-state index contributed by atoms with van der Waals surface area (Å²) in [6, 6.07) is 10.8. The minimum Gasteiger partial charge on any atom is -0.357 e. The van der Waals surface area contributed by atoms with Crippen LogP contribution in [0.3, 0.4) is 0 Å². The summed E-state index contributed by atoms with van der Waals surface area (Å²) in [5.74, 6) is 1.36. The fourth-order valence-corrected chi connectivity index (χ4v) is 3.46. The first-order valence-corrected chi connectivity index (χ1v) is 8.77. The average Bonchev–Trinajstić information content (AvgIpc) is 2.60. The molecule has 1 N–H and O–H groups in total. The summed E-state index contributed by atoms with van der Waals surface area (Å²) in [5.41, 5.74) is 0.499. The largest absolute Gasteiger partial charge is 0.357 e. The van der Waals surface area contributed by atoms with Crippen LogP contribution in [0.4, 0.5) is 5.82 Å². The predicted octanol–water partition coefficient (Wildman–Crippen LogP) is 4.03. The van der Waals surface area contributed by atoms with Gasteiger partial charge in [-0.2, -0.15) is 0 Å². The molecule has 0 unspecified atom stereocenters. The first-order valence-electron chi connectivity index (χ1n) is 8.02. The van der Waals surface area contributed by atoms with Crippen LogP contribution in [0, 0.1) is 5.92 Å². The molecule has 6 heteroatoms. The smallest absolute Gasteiger partial charge is 0.251 e. The van der Waals surface area contributed by atoms with Crippen LogP contribution in [0.2, 0.25) is 10.0 Å². The van der Waals surface area contributed by atoms with E-state index in [-0.39, 0.29) is 5.91 Å². The maximum absolute atomic E-state index is 12.2. The van der Waals surface area contributed by atoms with E-state index < -0.39 is 0 Å². The van der Waals surface area contributed by atoms with Gasteiger partial charge in [0.1, 0.15) is 5.82 Å². The lowest BCUT2D eigenvalue weighted by atomic mass is 9.96. The second-order valence-corrected chi connectivity index (χ2v) is 6.86. The molecule has 3 rings (SSSR count). The standard InChI is InChI=1S/C18H19Cl2N3O/c19-15-9-14(10-16(20)11-15)18(24)22-12-13-4-7-23(8-5-13)17-3-1-2-6-21-17/h1-3,6,9-11,13H,4-5,7-8,12H2,(H,22,24). The van der Waals surface area contributed by atoms with Gasteiger partial charge in [0.2, 0.25) is 0 Å². The zero-order valence-electron chi connectivity index (χ0n) is 13.2. The van der Waals surface area contributed by atoms with Gasteiger partial charge in [-0.25, -0.2) is 4.98 Å². The number of pyridine rings is 1. The zero-order valence-corrected chi connectivity index (χ0v) is 14.7. The quantitative estimate of drug-likeness (QED) is 0.891. The molecule has 0 aliphatic carbocycles. The van der Waals surface area contributed by atoms with Gasteiger partial charge < -0.3 is 10.2 Å². The number of carbonyl (C=O) groups is 1. The molecule has 1 aliphatic heterocycles. The fraction of sp³-hybridized carbons (Fsp3) is 0.333. The van der Waals surface area contributed by atoms with Gasteiger partial charge >= 0.3 is 0 Å². The molecule has 1 aliphatic rings. The summed E-state index contributed by atoms with van der Waals surface area (Å²) in [4.78, 5) is 18.9. The molecule has 1 aromatic carbocycles. The van der Waals surface area contributed by atoms with Crippen molar-refractivity contribution in [1.29, 1.82) is 0 Å². The number of piperidine rings is 1. The van der Waals surface area contributed by atoms with E-state index in [1.807, 2.05) is 24.4 Å². The lowest BCUT2D eigenvalue weighted by Crippen LogP contribution is -2.39. The van der Waals surface area contributed by atoms with Crippen LogP contribution in [0.25, 0.3) is 0 Å². The first kappa shape index (κ1) is 17.1. The number of anilines is 1. The van der Waals surface area contributed by atoms with Crippen LogP contribution >= 0.6 is 23.2 Å². The van der Waals surface area contributed by atoms with Gasteiger partial charge in [0.25, 0.3) is 5.91 Å². The number of rotatable bonds is 4. The molecule has 4 nitrogen and oxygen atoms in total. The van der Waals surface area contributed by atoms with Crippen LogP contribution in [0.1, 0.15) is 23.2 Å². The first-order chi connectivity index (χ1) is 11.6. The van der Waals surface area contributed by atoms with Crippen molar-refractivity contribution in [1.82, 2.24) is 10.3 Å². The molecule has 1 aromatic heterocycles. The summed E-state index contributed by atoms with van der Waals surface area (Å²) in [6.07, 6.45) is 3.89. The van der Waals surface area contributed by atoms with E-state index in [2.05, 4.69) is 15.2 Å². The van der Waals surface area contributed by atoms with E-state index in [9.17, 15) is 4.79 Å². The molecular formula is C18H19Cl2N3O. The maximum Gasteiger partial charge on any atom is 0.251 e. The Morgan fingerprint density at radius 1 is 1.17 bits per heavy atom. The summed E-state index contributed by atoms with van der Waals surface area (Å²) in [7, 11) is 0. The molecule has 0 spiro atoms. The van der Waals surface area contributed by atoms with Crippen LogP contribution in [-0.2, 0) is 0 Å². The van der Waals surface area contributed by atoms with Crippen molar-refractivity contribution in [3.05, 3.63) is 58.2 Å². The summed E-state index contributed by atoms with van der Waals surface area (Å²) >= 11 is 11.9. The third-order valence-corrected chi connectivity index (χ3v) is 4.70. The van der Waals surface area contributed by atoms with Gasteiger partial charge in [0.05, 0.1) is 0 Å². The second-order valence-electron chi connectivity index (χ2n) is 5.99. The van der Waals surface area contributed by atoms with E-state index >= 15 is 0 Å². The van der Waals surface area contributed by atoms with Gasteiger partial charge in [-0.15, -0.1) is 0 Å². The van der Waals surface area contributed by atoms with E-state index in [1.54, 1.807) is 18.2 Å². The summed E-state index contributed by atoms with van der Waals surface area (Å²) < 4.78 is 0. The molecule has 0 saturated carbocycles. The highest BCUT2D eigenvalue weighted by atomic mass is 35.5. The number of benzene rings is 1. The molecule has 1 fully saturated rings. The number of amides is 1. The highest BCUT2D eigenvalue weighted by Crippen LogP contribution is 2.22. The number of nitrogens with one attached hydrogen (secondary N) is 1. The number of aromatic nitrogens is 1. The highest BCUT2D eigenvalue weighted by Gasteiger charge is 2.20. The Morgan fingerprint density at radius 3 is 2.50 bits per heavy atom. The number of hydrogen-bond donors (Lipinski definition) is 1. The third-order valence-electron chi connectivity index (χ3n) is 4.26. The minimum absolute atomic E-state index is 0.133. The lowest BCUT2D eigenvalue weighted by Gasteiger charge is -2.32. The maximum atomic E-state index is 12.2. The molecular weight excluding hydrogens is 345 g/mol. The molecule has 0 radical (unpaired) electrons. The molecule has 0 atom stereocenters. The molecule has 126 valence electrons. The van der Waals surface area contributed by atoms with Gasteiger partial charge in [-0.05, 0) is 49.1 Å². The average molecular weight is 364 g/mol. The third kappa shape index (κ3) is 4.40. The molecule has 1 amide bonds. The van der Waals surface area contributed by atoms with Crippen LogP contribution in [0.15, 0.2) is 42.6 Å². The predicted molar refractivity (Wildman–Crippen MR) is 98.0 cm³/mol. The van der Waals surface area contributed by atoms with Crippen LogP contribution in [0.5, 0.6) is 0 Å². The van der Waals surface area contributed by atoms with Crippen molar-refractivity contribution in [3.8, 4) is 0 Å². The molecule has 24 heavy (non-hydrogen) atoms. The molecule has 1 saturated heterocycles. The van der Waals surface area contributed by atoms with Gasteiger partial charge in [0.15, 0.2) is 0 Å². The molecule has 2 heterocycles. The van der Waals surface area contributed by atoms with E-state index in [0.717, 1.165) is 31.7 Å². The topological polar surface area (TPSA) is 45.2 Å². The van der Waals surface area contributed by atoms with Crippen LogP contribution < -0.4 is 10.2 Å². The van der Waals surface area contributed by atoms with Crippen molar-refractivity contribution in [2.45, 2.75) is 12.8 Å². The van der Waals surface area contributed by atoms with Gasteiger partial charge in [0, 0.05) is 41.4 Å². The number of carbonyl (C=O) groups excluding carboxylic acids is 1. The van der Waals surface area contributed by atoms with Crippen LogP contribution in [-0.4, -0.2) is 30.5 Å². The lowest BCUT2D eigenvalue weighted by molar-refractivity contribution is 0.0945. The normalized spacial score (nSPS) is 15.3. The summed E-state index contributed by atoms with van der Waals surface area (Å²) in [6.45, 7) is 2.58. The van der Waals surface area contributed by atoms with Crippen molar-refractivity contribution >= 4 is 34.9 Å². The fourth-order valence-electron chi connectivity index (χ4n) is 2.93. The second kappa shape index (κ2) is 7.86. The number of hydrogen-bond acceptors (Lipinski definition) is 3. The van der Waals surface area contributed by atoms with Gasteiger partial charge in [-0.3, -0.25) is 4.79 Å². The van der Waals surface area contributed by atoms with Gasteiger partial charge in [-0.1, -0.05) is 29.3 Å². The number of halogens is 2. The Bertz CT molecular complexity index is 680. The Morgan fingerprint density at radius 2 is 1.88 bits per heavy atom. The van der Waals surface area contributed by atoms with Crippen molar-refractivity contribution in [3.63, 3.8) is 0 Å². The SMILES string of the molecule is O=C(NCC1CCN(c2ccccn2)CC1)c1cc(Cl)cc(Cl)c1. The van der Waals surface area contributed by atoms with Crippen molar-refractivity contribution in [2.24, 2.45) is 5.92 Å².